The van der Waals surface area contributed by atoms with Gasteiger partial charge in [0.1, 0.15) is 0 Å². The highest BCUT2D eigenvalue weighted by molar-refractivity contribution is 4.87. The van der Waals surface area contributed by atoms with Crippen molar-refractivity contribution < 1.29 is 19.2 Å². The van der Waals surface area contributed by atoms with Gasteiger partial charge in [0.05, 0.1) is 13.2 Å². The van der Waals surface area contributed by atoms with Crippen LogP contribution in [0.2, 0.25) is 0 Å². The fourth-order valence-electron chi connectivity index (χ4n) is 2.83. The maximum Gasteiger partial charge on any atom is 0.169 e. The van der Waals surface area contributed by atoms with E-state index in [9.17, 15) is 0 Å². The van der Waals surface area contributed by atoms with E-state index in [0.717, 1.165) is 32.2 Å². The van der Waals surface area contributed by atoms with Crippen molar-refractivity contribution >= 4 is 0 Å². The topological polar surface area (TPSA) is 49.0 Å². The van der Waals surface area contributed by atoms with Crippen molar-refractivity contribution in [2.75, 3.05) is 40.5 Å². The molecule has 0 radical (unpaired) electrons. The minimum absolute atomic E-state index is 0.142. The second-order valence-corrected chi connectivity index (χ2v) is 5.53. The fraction of sp³-hybridized carbons (Fsp3) is 1.00. The molecule has 2 fully saturated rings. The van der Waals surface area contributed by atoms with E-state index in [0.29, 0.717) is 5.41 Å². The second-order valence-electron chi connectivity index (χ2n) is 5.53. The summed E-state index contributed by atoms with van der Waals surface area (Å²) in [7, 11) is 3.33. The van der Waals surface area contributed by atoms with Crippen molar-refractivity contribution in [3.8, 4) is 0 Å². The van der Waals surface area contributed by atoms with Gasteiger partial charge in [-0.05, 0) is 38.1 Å². The predicted octanol–water partition coefficient (Wildman–Crippen LogP) is 1.33. The lowest BCUT2D eigenvalue weighted by molar-refractivity contribution is -0.248. The molecule has 1 aliphatic carbocycles. The molecular formula is C13H25NO4. The Hall–Kier alpha value is -0.200. The Morgan fingerprint density at radius 2 is 1.78 bits per heavy atom. The minimum atomic E-state index is -0.142. The third kappa shape index (κ3) is 3.65. The lowest BCUT2D eigenvalue weighted by Gasteiger charge is -2.34. The van der Waals surface area contributed by atoms with E-state index < -0.39 is 0 Å². The van der Waals surface area contributed by atoms with E-state index >= 15 is 0 Å². The zero-order valence-electron chi connectivity index (χ0n) is 11.4. The SMILES string of the molecule is COC(CNCC1CCC2(CC1)COOC2)OC. The zero-order valence-corrected chi connectivity index (χ0v) is 11.4. The summed E-state index contributed by atoms with van der Waals surface area (Å²) >= 11 is 0. The van der Waals surface area contributed by atoms with Gasteiger partial charge in [-0.3, -0.25) is 0 Å². The van der Waals surface area contributed by atoms with Gasteiger partial charge in [0, 0.05) is 26.2 Å². The third-order valence-corrected chi connectivity index (χ3v) is 4.25. The van der Waals surface area contributed by atoms with Gasteiger partial charge in [-0.2, -0.15) is 0 Å². The molecule has 1 spiro atoms. The molecule has 1 aliphatic heterocycles. The Bertz CT molecular complexity index is 229. The number of hydrogen-bond acceptors (Lipinski definition) is 5. The van der Waals surface area contributed by atoms with Crippen LogP contribution < -0.4 is 5.32 Å². The lowest BCUT2D eigenvalue weighted by Crippen LogP contribution is -2.37. The quantitative estimate of drug-likeness (QED) is 0.576. The highest BCUT2D eigenvalue weighted by atomic mass is 17.2. The maximum atomic E-state index is 5.15. The number of hydrogen-bond donors (Lipinski definition) is 1. The van der Waals surface area contributed by atoms with Crippen LogP contribution in [0.4, 0.5) is 0 Å². The fourth-order valence-corrected chi connectivity index (χ4v) is 2.83. The Balaban J connectivity index is 1.61. The first kappa shape index (κ1) is 14.2. The third-order valence-electron chi connectivity index (χ3n) is 4.25. The number of rotatable bonds is 6. The van der Waals surface area contributed by atoms with Crippen LogP contribution in [0.1, 0.15) is 25.7 Å². The van der Waals surface area contributed by atoms with Gasteiger partial charge >= 0.3 is 0 Å². The van der Waals surface area contributed by atoms with Crippen LogP contribution in [0, 0.1) is 11.3 Å². The molecule has 0 aromatic rings. The Labute approximate surface area is 109 Å². The summed E-state index contributed by atoms with van der Waals surface area (Å²) in [6.45, 7) is 3.35. The first-order valence-electron chi connectivity index (χ1n) is 6.79. The number of ether oxygens (including phenoxy) is 2. The molecule has 0 unspecified atom stereocenters. The Kier molecular flexibility index (Phi) is 5.38. The molecule has 0 amide bonds. The smallest absolute Gasteiger partial charge is 0.169 e. The molecule has 5 heteroatoms. The van der Waals surface area contributed by atoms with E-state index in [2.05, 4.69) is 5.32 Å². The van der Waals surface area contributed by atoms with Crippen LogP contribution in [0.25, 0.3) is 0 Å². The summed E-state index contributed by atoms with van der Waals surface area (Å²) in [5, 5.41) is 3.42. The molecule has 1 saturated carbocycles. The summed E-state index contributed by atoms with van der Waals surface area (Å²) in [4.78, 5) is 10.1. The average molecular weight is 259 g/mol. The largest absolute Gasteiger partial charge is 0.355 e. The second kappa shape index (κ2) is 6.82. The molecule has 0 bridgehead atoms. The van der Waals surface area contributed by atoms with Crippen molar-refractivity contribution in [1.29, 1.82) is 0 Å². The molecule has 18 heavy (non-hydrogen) atoms. The molecule has 106 valence electrons. The summed E-state index contributed by atoms with van der Waals surface area (Å²) in [6, 6.07) is 0. The first-order chi connectivity index (χ1) is 8.78. The van der Waals surface area contributed by atoms with Crippen molar-refractivity contribution in [1.82, 2.24) is 5.32 Å². The molecule has 0 aromatic heterocycles. The first-order valence-corrected chi connectivity index (χ1v) is 6.79. The highest BCUT2D eigenvalue weighted by Gasteiger charge is 2.39. The van der Waals surface area contributed by atoms with E-state index in [1.165, 1.54) is 25.7 Å². The molecule has 0 aromatic carbocycles. The monoisotopic (exact) mass is 259 g/mol. The predicted molar refractivity (Wildman–Crippen MR) is 67.0 cm³/mol. The molecule has 2 aliphatic rings. The summed E-state index contributed by atoms with van der Waals surface area (Å²) < 4.78 is 10.3. The van der Waals surface area contributed by atoms with Crippen LogP contribution in [0.3, 0.4) is 0 Å². The van der Waals surface area contributed by atoms with Gasteiger partial charge in [0.25, 0.3) is 0 Å². The summed E-state index contributed by atoms with van der Waals surface area (Å²) in [5.41, 5.74) is 0.318. The van der Waals surface area contributed by atoms with Crippen LogP contribution in [-0.2, 0) is 19.2 Å². The van der Waals surface area contributed by atoms with E-state index in [1.54, 1.807) is 14.2 Å². The highest BCUT2D eigenvalue weighted by Crippen LogP contribution is 2.41. The minimum Gasteiger partial charge on any atom is -0.355 e. The van der Waals surface area contributed by atoms with Crippen LogP contribution in [-0.4, -0.2) is 46.8 Å². The molecule has 1 saturated heterocycles. The molecule has 0 atom stereocenters. The Morgan fingerprint density at radius 1 is 1.17 bits per heavy atom. The van der Waals surface area contributed by atoms with Gasteiger partial charge in [0.15, 0.2) is 6.29 Å². The summed E-state index contributed by atoms with van der Waals surface area (Å²) in [6.07, 6.45) is 4.81. The molecule has 1 N–H and O–H groups in total. The van der Waals surface area contributed by atoms with Gasteiger partial charge in [-0.25, -0.2) is 9.78 Å². The lowest BCUT2D eigenvalue weighted by atomic mass is 9.71. The van der Waals surface area contributed by atoms with E-state index in [-0.39, 0.29) is 6.29 Å². The average Bonchev–Trinajstić information content (AvgIpc) is 2.86. The van der Waals surface area contributed by atoms with Crippen molar-refractivity contribution in [3.63, 3.8) is 0 Å². The molecule has 1 heterocycles. The molecular weight excluding hydrogens is 234 g/mol. The molecule has 2 rings (SSSR count). The van der Waals surface area contributed by atoms with Crippen molar-refractivity contribution in [2.45, 2.75) is 32.0 Å². The van der Waals surface area contributed by atoms with E-state index in [4.69, 9.17) is 19.2 Å². The number of nitrogens with one attached hydrogen (secondary N) is 1. The Morgan fingerprint density at radius 3 is 2.33 bits per heavy atom. The van der Waals surface area contributed by atoms with Gasteiger partial charge in [-0.15, -0.1) is 0 Å². The standard InChI is InChI=1S/C13H25NO4/c1-15-12(16-2)8-14-7-11-3-5-13(6-4-11)9-17-18-10-13/h11-12,14H,3-10H2,1-2H3. The van der Waals surface area contributed by atoms with Gasteiger partial charge in [0.2, 0.25) is 0 Å². The van der Waals surface area contributed by atoms with Crippen LogP contribution in [0.15, 0.2) is 0 Å². The molecule has 5 nitrogen and oxygen atoms in total. The van der Waals surface area contributed by atoms with Crippen LogP contribution >= 0.6 is 0 Å². The normalized spacial score (nSPS) is 24.2. The van der Waals surface area contributed by atoms with Crippen LogP contribution in [0.5, 0.6) is 0 Å². The summed E-state index contributed by atoms with van der Waals surface area (Å²) in [5.74, 6) is 0.755. The zero-order chi connectivity index (χ0) is 12.8. The van der Waals surface area contributed by atoms with Crippen molar-refractivity contribution in [3.05, 3.63) is 0 Å². The van der Waals surface area contributed by atoms with Crippen molar-refractivity contribution in [2.24, 2.45) is 11.3 Å². The van der Waals surface area contributed by atoms with Gasteiger partial charge in [-0.1, -0.05) is 0 Å². The maximum absolute atomic E-state index is 5.15. The van der Waals surface area contributed by atoms with E-state index in [1.807, 2.05) is 0 Å². The number of methoxy groups -OCH3 is 2. The van der Waals surface area contributed by atoms with Gasteiger partial charge < -0.3 is 14.8 Å².